The molecule has 1 amide bonds. The van der Waals surface area contributed by atoms with Crippen molar-refractivity contribution in [2.24, 2.45) is 0 Å². The molecule has 1 aliphatic rings. The summed E-state index contributed by atoms with van der Waals surface area (Å²) in [6.45, 7) is 0. The molecule has 0 aliphatic carbocycles. The number of aromatic amines is 1. The molecule has 2 heterocycles. The predicted molar refractivity (Wildman–Crippen MR) is 99.8 cm³/mol. The third kappa shape index (κ3) is 4.20. The summed E-state index contributed by atoms with van der Waals surface area (Å²) in [7, 11) is 1.56. The SMILES string of the molecule is COc1cc[nH]c1C=C1C(=O)Nc2cccc(C#CCCC(=O)O)c21.[Na]. The number of ether oxygens (including phenoxy) is 1. The number of benzene rings is 1. The number of hydrogen-bond donors (Lipinski definition) is 3. The quantitative estimate of drug-likeness (QED) is 0.444. The van der Waals surface area contributed by atoms with Crippen LogP contribution in [0.4, 0.5) is 5.69 Å². The monoisotopic (exact) mass is 359 g/mol. The molecule has 2 aromatic rings. The molecule has 7 heteroatoms. The van der Waals surface area contributed by atoms with E-state index in [0.29, 0.717) is 33.8 Å². The van der Waals surface area contributed by atoms with Crippen molar-refractivity contribution in [1.82, 2.24) is 4.98 Å². The van der Waals surface area contributed by atoms with Crippen LogP contribution in [-0.4, -0.2) is 58.6 Å². The number of anilines is 1. The van der Waals surface area contributed by atoms with Gasteiger partial charge in [0.15, 0.2) is 0 Å². The number of nitrogens with one attached hydrogen (secondary N) is 2. The number of aromatic nitrogens is 1. The second-order valence-corrected chi connectivity index (χ2v) is 5.40. The number of rotatable bonds is 4. The second-order valence-electron chi connectivity index (χ2n) is 5.40. The third-order valence-electron chi connectivity index (χ3n) is 3.76. The van der Waals surface area contributed by atoms with Gasteiger partial charge in [-0.05, 0) is 24.3 Å². The first kappa shape index (κ1) is 19.9. The van der Waals surface area contributed by atoms with Crippen LogP contribution in [0.3, 0.4) is 0 Å². The molecule has 1 radical (unpaired) electrons. The molecule has 0 atom stereocenters. The largest absolute Gasteiger partial charge is 0.495 e. The van der Waals surface area contributed by atoms with E-state index >= 15 is 0 Å². The molecule has 0 spiro atoms. The molecule has 3 N–H and O–H groups in total. The summed E-state index contributed by atoms with van der Waals surface area (Å²) in [6.07, 6.45) is 3.70. The fraction of sp³-hybridized carbons (Fsp3) is 0.158. The van der Waals surface area contributed by atoms with Gasteiger partial charge in [-0.1, -0.05) is 17.9 Å². The number of aliphatic carboxylic acids is 1. The van der Waals surface area contributed by atoms with E-state index in [-0.39, 0.29) is 48.3 Å². The van der Waals surface area contributed by atoms with Gasteiger partial charge in [-0.25, -0.2) is 0 Å². The van der Waals surface area contributed by atoms with Crippen LogP contribution in [0.15, 0.2) is 30.5 Å². The molecular formula is C19H16N2NaO4. The molecule has 26 heavy (non-hydrogen) atoms. The fourth-order valence-electron chi connectivity index (χ4n) is 2.62. The Morgan fingerprint density at radius 2 is 2.15 bits per heavy atom. The Morgan fingerprint density at radius 3 is 2.88 bits per heavy atom. The molecule has 3 rings (SSSR count). The fourth-order valence-corrected chi connectivity index (χ4v) is 2.62. The molecule has 0 unspecified atom stereocenters. The van der Waals surface area contributed by atoms with Crippen molar-refractivity contribution < 1.29 is 19.4 Å². The van der Waals surface area contributed by atoms with Crippen molar-refractivity contribution in [1.29, 1.82) is 0 Å². The van der Waals surface area contributed by atoms with E-state index < -0.39 is 5.97 Å². The maximum Gasteiger partial charge on any atom is 0.304 e. The summed E-state index contributed by atoms with van der Waals surface area (Å²) in [5, 5.41) is 11.5. The Bertz CT molecular complexity index is 935. The van der Waals surface area contributed by atoms with Crippen molar-refractivity contribution in [2.75, 3.05) is 12.4 Å². The van der Waals surface area contributed by atoms with Crippen molar-refractivity contribution in [3.05, 3.63) is 47.3 Å². The number of carboxylic acid groups (broad SMARTS) is 1. The van der Waals surface area contributed by atoms with Gasteiger partial charge >= 0.3 is 5.97 Å². The van der Waals surface area contributed by atoms with E-state index in [1.807, 2.05) is 12.1 Å². The first-order valence-electron chi connectivity index (χ1n) is 7.68. The van der Waals surface area contributed by atoms with Gasteiger partial charge in [0.2, 0.25) is 0 Å². The van der Waals surface area contributed by atoms with Gasteiger partial charge in [0.25, 0.3) is 5.91 Å². The first-order chi connectivity index (χ1) is 12.1. The smallest absolute Gasteiger partial charge is 0.304 e. The van der Waals surface area contributed by atoms with E-state index in [0.717, 1.165) is 0 Å². The zero-order valence-electron chi connectivity index (χ0n) is 14.6. The minimum atomic E-state index is -0.885. The molecule has 1 aromatic heterocycles. The van der Waals surface area contributed by atoms with E-state index in [1.54, 1.807) is 31.5 Å². The van der Waals surface area contributed by atoms with Crippen LogP contribution in [-0.2, 0) is 9.59 Å². The molecule has 1 aromatic carbocycles. The van der Waals surface area contributed by atoms with Crippen LogP contribution in [0.2, 0.25) is 0 Å². The normalized spacial score (nSPS) is 13.3. The van der Waals surface area contributed by atoms with Gasteiger partial charge in [-0.15, -0.1) is 0 Å². The molecule has 0 bridgehead atoms. The van der Waals surface area contributed by atoms with Crippen molar-refractivity contribution in [2.45, 2.75) is 12.8 Å². The Balaban J connectivity index is 0.00000243. The standard InChI is InChI=1S/C19H16N2O4.Na/c1-25-16-9-10-20-15(16)11-13-18-12(5-2-3-8-17(22)23)6-4-7-14(18)21-19(13)24;/h4,6-7,9-11,20H,3,8H2,1H3,(H,21,24)(H,22,23);. The molecule has 6 nitrogen and oxygen atoms in total. The number of fused-ring (bicyclic) bond motifs is 1. The van der Waals surface area contributed by atoms with Gasteiger partial charge < -0.3 is 20.1 Å². The van der Waals surface area contributed by atoms with E-state index in [4.69, 9.17) is 9.84 Å². The van der Waals surface area contributed by atoms with Gasteiger partial charge in [-0.3, -0.25) is 9.59 Å². The molecule has 0 fully saturated rings. The molecular weight excluding hydrogens is 343 g/mol. The Kier molecular flexibility index (Phi) is 6.70. The number of carbonyl (C=O) groups is 2. The van der Waals surface area contributed by atoms with Crippen LogP contribution < -0.4 is 10.1 Å². The molecule has 0 saturated carbocycles. The number of hydrogen-bond acceptors (Lipinski definition) is 3. The minimum Gasteiger partial charge on any atom is -0.495 e. The van der Waals surface area contributed by atoms with Gasteiger partial charge in [0, 0.05) is 53.3 Å². The number of carbonyl (C=O) groups excluding carboxylic acids is 1. The third-order valence-corrected chi connectivity index (χ3v) is 3.76. The number of carboxylic acids is 1. The Hall–Kier alpha value is -2.46. The second kappa shape index (κ2) is 8.77. The number of amides is 1. The van der Waals surface area contributed by atoms with Crippen molar-refractivity contribution >= 4 is 58.8 Å². The van der Waals surface area contributed by atoms with E-state index in [1.165, 1.54) is 0 Å². The van der Waals surface area contributed by atoms with Gasteiger partial charge in [0.1, 0.15) is 5.75 Å². The van der Waals surface area contributed by atoms with E-state index in [2.05, 4.69) is 22.1 Å². The first-order valence-corrected chi connectivity index (χ1v) is 7.68. The topological polar surface area (TPSA) is 91.4 Å². The number of H-pyrrole nitrogens is 1. The maximum atomic E-state index is 12.4. The predicted octanol–water partition coefficient (Wildman–Crippen LogP) is 2.35. The minimum absolute atomic E-state index is 0. The Labute approximate surface area is 172 Å². The summed E-state index contributed by atoms with van der Waals surface area (Å²) >= 11 is 0. The molecule has 1 aliphatic heterocycles. The zero-order chi connectivity index (χ0) is 17.8. The van der Waals surface area contributed by atoms with E-state index in [9.17, 15) is 9.59 Å². The van der Waals surface area contributed by atoms with Crippen LogP contribution >= 0.6 is 0 Å². The summed E-state index contributed by atoms with van der Waals surface area (Å²) < 4.78 is 5.26. The average molecular weight is 359 g/mol. The van der Waals surface area contributed by atoms with Crippen LogP contribution in [0.1, 0.15) is 29.7 Å². The van der Waals surface area contributed by atoms with Gasteiger partial charge in [-0.2, -0.15) is 0 Å². The summed E-state index contributed by atoms with van der Waals surface area (Å²) in [5.74, 6) is 5.36. The maximum absolute atomic E-state index is 12.4. The average Bonchev–Trinajstić information content (AvgIpc) is 3.16. The summed E-state index contributed by atoms with van der Waals surface area (Å²) in [5.41, 5.74) is 3.25. The van der Waals surface area contributed by atoms with Crippen molar-refractivity contribution in [3.63, 3.8) is 0 Å². The summed E-state index contributed by atoms with van der Waals surface area (Å²) in [6, 6.07) is 7.20. The van der Waals surface area contributed by atoms with Crippen LogP contribution in [0.25, 0.3) is 11.6 Å². The zero-order valence-corrected chi connectivity index (χ0v) is 16.6. The van der Waals surface area contributed by atoms with Crippen molar-refractivity contribution in [3.8, 4) is 17.6 Å². The Morgan fingerprint density at radius 1 is 1.35 bits per heavy atom. The molecule has 0 saturated heterocycles. The van der Waals surface area contributed by atoms with Crippen LogP contribution in [0, 0.1) is 11.8 Å². The van der Waals surface area contributed by atoms with Gasteiger partial charge in [0.05, 0.1) is 30.5 Å². The van der Waals surface area contributed by atoms with Crippen LogP contribution in [0.5, 0.6) is 5.75 Å². The number of methoxy groups -OCH3 is 1. The molecule has 127 valence electrons. The summed E-state index contributed by atoms with van der Waals surface area (Å²) in [4.78, 5) is 26.0.